The number of nitrogens with one attached hydrogen (secondary N) is 6. The Bertz CT molecular complexity index is 1950. The first-order chi connectivity index (χ1) is 28.5. The van der Waals surface area contributed by atoms with E-state index in [2.05, 4.69) is 31.9 Å². The van der Waals surface area contributed by atoms with Gasteiger partial charge in [-0.3, -0.25) is 28.8 Å². The molecule has 3 aromatic carbocycles. The van der Waals surface area contributed by atoms with Crippen LogP contribution in [0.25, 0.3) is 0 Å². The number of para-hydroxylation sites is 3. The van der Waals surface area contributed by atoms with E-state index >= 15 is 0 Å². The van der Waals surface area contributed by atoms with Gasteiger partial charge in [0.1, 0.15) is 19.8 Å². The molecule has 0 aliphatic carbocycles. The van der Waals surface area contributed by atoms with Crippen molar-refractivity contribution in [3.05, 3.63) is 71.3 Å². The summed E-state index contributed by atoms with van der Waals surface area (Å²) in [4.78, 5) is 115. The average molecular weight is 841 g/mol. The van der Waals surface area contributed by atoms with Gasteiger partial charge in [0.25, 0.3) is 17.7 Å². The second-order valence-corrected chi connectivity index (χ2v) is 12.3. The summed E-state index contributed by atoms with van der Waals surface area (Å²) < 4.78 is 15.3. The number of aromatic hydroxyl groups is 6. The minimum absolute atomic E-state index is 0.413. The van der Waals surface area contributed by atoms with Crippen molar-refractivity contribution in [2.45, 2.75) is 18.1 Å². The van der Waals surface area contributed by atoms with Crippen molar-refractivity contribution >= 4 is 53.4 Å². The van der Waals surface area contributed by atoms with Gasteiger partial charge in [-0.15, -0.1) is 0 Å². The maximum atomic E-state index is 13.2. The van der Waals surface area contributed by atoms with Crippen LogP contribution in [0.5, 0.6) is 34.5 Å². The third-order valence-corrected chi connectivity index (χ3v) is 8.04. The van der Waals surface area contributed by atoms with Crippen LogP contribution < -0.4 is 31.9 Å². The summed E-state index contributed by atoms with van der Waals surface area (Å²) in [6, 6.07) is 4.73. The molecular weight excluding hydrogens is 804 g/mol. The van der Waals surface area contributed by atoms with E-state index in [9.17, 15) is 73.8 Å². The van der Waals surface area contributed by atoms with Gasteiger partial charge in [-0.2, -0.15) is 0 Å². The number of hydrogen-bond acceptors (Lipinski definition) is 18. The van der Waals surface area contributed by atoms with Crippen LogP contribution in [0, 0.1) is 0 Å². The Hall–Kier alpha value is -8.31. The molecule has 0 saturated carbocycles. The summed E-state index contributed by atoms with van der Waals surface area (Å²) in [6.07, 6.45) is 0. The normalized spacial score (nSPS) is 16.8. The van der Waals surface area contributed by atoms with E-state index in [1.165, 1.54) is 18.2 Å². The Morgan fingerprint density at radius 3 is 0.950 bits per heavy atom. The first-order valence-corrected chi connectivity index (χ1v) is 17.2. The molecular formula is C36H36N6O18. The predicted octanol–water partition coefficient (Wildman–Crippen LogP) is -3.39. The van der Waals surface area contributed by atoms with Gasteiger partial charge in [0.05, 0.1) is 36.3 Å². The highest BCUT2D eigenvalue weighted by Gasteiger charge is 2.34. The molecule has 1 heterocycles. The summed E-state index contributed by atoms with van der Waals surface area (Å²) in [7, 11) is 0. The number of esters is 3. The molecule has 1 fully saturated rings. The van der Waals surface area contributed by atoms with Crippen LogP contribution in [-0.2, 0) is 43.0 Å². The number of hydrogen-bond donors (Lipinski definition) is 12. The highest BCUT2D eigenvalue weighted by Crippen LogP contribution is 2.29. The Balaban J connectivity index is 1.47. The molecule has 0 bridgehead atoms. The van der Waals surface area contributed by atoms with Crippen LogP contribution in [0.3, 0.4) is 0 Å². The third kappa shape index (κ3) is 11.9. The fourth-order valence-corrected chi connectivity index (χ4v) is 4.95. The summed E-state index contributed by atoms with van der Waals surface area (Å²) in [5.74, 6) is -14.7. The number of phenolic OH excluding ortho intramolecular Hbond substituents is 6. The fourth-order valence-electron chi connectivity index (χ4n) is 4.95. The zero-order valence-corrected chi connectivity index (χ0v) is 30.8. The lowest BCUT2D eigenvalue weighted by molar-refractivity contribution is -0.163. The molecule has 60 heavy (non-hydrogen) atoms. The standard InChI is InChI=1S/C36H36N6O18/c43-22-7-1-4-16(28(22)49)31(52)37-10-25(46)40-19-13-58-35(56)21(42-27(48)12-39-33(54)18-6-3-9-24(45)30(18)51)15-60-36(57)20(14-59-34(19)55)41-26(47)11-38-32(53)17-5-2-8-23(44)29(17)50/h1-9,19-21,43-45,49-51H,10-15H2,(H,37,52)(H,38,53)(H,39,54)(H,40,46)(H,41,47)(H,42,48)/t19-,20-,21-/m0/s1. The van der Waals surface area contributed by atoms with Crippen LogP contribution in [0.15, 0.2) is 54.6 Å². The fraction of sp³-hybridized carbons (Fsp3) is 0.250. The maximum Gasteiger partial charge on any atom is 0.332 e. The Kier molecular flexibility index (Phi) is 15.0. The van der Waals surface area contributed by atoms with E-state index in [0.29, 0.717) is 0 Å². The van der Waals surface area contributed by atoms with Crippen LogP contribution in [0.4, 0.5) is 0 Å². The van der Waals surface area contributed by atoms with Crippen LogP contribution in [0.1, 0.15) is 31.1 Å². The number of phenols is 6. The maximum absolute atomic E-state index is 13.2. The molecule has 0 aromatic heterocycles. The lowest BCUT2D eigenvalue weighted by Gasteiger charge is -2.25. The van der Waals surface area contributed by atoms with E-state index in [4.69, 9.17) is 14.2 Å². The Labute approximate surface area is 336 Å². The summed E-state index contributed by atoms with van der Waals surface area (Å²) in [5, 5.41) is 71.6. The molecule has 0 unspecified atom stereocenters. The van der Waals surface area contributed by atoms with Crippen molar-refractivity contribution in [2.24, 2.45) is 0 Å². The number of carbonyl (C=O) groups is 9. The quantitative estimate of drug-likeness (QED) is 0.0480. The second-order valence-electron chi connectivity index (χ2n) is 12.3. The summed E-state index contributed by atoms with van der Waals surface area (Å²) in [6.45, 7) is -5.55. The van der Waals surface area contributed by atoms with Crippen LogP contribution >= 0.6 is 0 Å². The van der Waals surface area contributed by atoms with Crippen molar-refractivity contribution in [1.82, 2.24) is 31.9 Å². The van der Waals surface area contributed by atoms with Gasteiger partial charge in [0.2, 0.25) is 17.7 Å². The van der Waals surface area contributed by atoms with Gasteiger partial charge in [-0.1, -0.05) is 18.2 Å². The molecule has 24 heteroatoms. The van der Waals surface area contributed by atoms with Crippen molar-refractivity contribution < 1.29 is 88.0 Å². The molecule has 4 rings (SSSR count). The molecule has 12 N–H and O–H groups in total. The summed E-state index contributed by atoms with van der Waals surface area (Å²) >= 11 is 0. The number of carbonyl (C=O) groups excluding carboxylic acids is 9. The van der Waals surface area contributed by atoms with Crippen molar-refractivity contribution in [3.8, 4) is 34.5 Å². The van der Waals surface area contributed by atoms with E-state index < -0.39 is 162 Å². The average Bonchev–Trinajstić information content (AvgIpc) is 3.21. The molecule has 1 saturated heterocycles. The molecule has 24 nitrogen and oxygen atoms in total. The van der Waals surface area contributed by atoms with Gasteiger partial charge in [-0.25, -0.2) is 14.4 Å². The zero-order valence-electron chi connectivity index (χ0n) is 30.8. The van der Waals surface area contributed by atoms with E-state index in [0.717, 1.165) is 36.4 Å². The predicted molar refractivity (Wildman–Crippen MR) is 195 cm³/mol. The van der Waals surface area contributed by atoms with Crippen molar-refractivity contribution in [1.29, 1.82) is 0 Å². The van der Waals surface area contributed by atoms with E-state index in [1.54, 1.807) is 0 Å². The third-order valence-electron chi connectivity index (χ3n) is 8.04. The van der Waals surface area contributed by atoms with Crippen molar-refractivity contribution in [3.63, 3.8) is 0 Å². The second kappa shape index (κ2) is 20.2. The highest BCUT2D eigenvalue weighted by molar-refractivity contribution is 6.01. The Morgan fingerprint density at radius 1 is 0.450 bits per heavy atom. The molecule has 6 amide bonds. The highest BCUT2D eigenvalue weighted by atomic mass is 16.6. The molecule has 3 aromatic rings. The molecule has 1 aliphatic rings. The lowest BCUT2D eigenvalue weighted by Crippen LogP contribution is -2.54. The molecule has 318 valence electrons. The monoisotopic (exact) mass is 840 g/mol. The van der Waals surface area contributed by atoms with Crippen molar-refractivity contribution in [2.75, 3.05) is 39.5 Å². The number of ether oxygens (including phenoxy) is 3. The van der Waals surface area contributed by atoms with Gasteiger partial charge in [0.15, 0.2) is 52.6 Å². The van der Waals surface area contributed by atoms with Crippen LogP contribution in [0.2, 0.25) is 0 Å². The minimum Gasteiger partial charge on any atom is -0.504 e. The smallest absolute Gasteiger partial charge is 0.332 e. The molecule has 0 radical (unpaired) electrons. The number of amides is 6. The number of rotatable bonds is 12. The largest absolute Gasteiger partial charge is 0.504 e. The molecule has 3 atom stereocenters. The van der Waals surface area contributed by atoms with Gasteiger partial charge in [0, 0.05) is 0 Å². The molecule has 1 aliphatic heterocycles. The van der Waals surface area contributed by atoms with Gasteiger partial charge >= 0.3 is 17.9 Å². The van der Waals surface area contributed by atoms with Crippen LogP contribution in [-0.4, -0.2) is 142 Å². The Morgan fingerprint density at radius 2 is 0.700 bits per heavy atom. The first kappa shape index (κ1) is 44.4. The van der Waals surface area contributed by atoms with E-state index in [1.807, 2.05) is 0 Å². The lowest BCUT2D eigenvalue weighted by atomic mass is 10.1. The van der Waals surface area contributed by atoms with Gasteiger partial charge < -0.3 is 76.8 Å². The summed E-state index contributed by atoms with van der Waals surface area (Å²) in [5.41, 5.74) is -1.24. The van der Waals surface area contributed by atoms with Gasteiger partial charge in [-0.05, 0) is 36.4 Å². The molecule has 0 spiro atoms. The zero-order chi connectivity index (χ0) is 44.1. The first-order valence-electron chi connectivity index (χ1n) is 17.2. The number of cyclic esters (lactones) is 3. The minimum atomic E-state index is -1.88. The SMILES string of the molecule is O=C(CNC(=O)c1cccc(O)c1O)N[C@H]1COC(=O)[C@@H](NC(=O)CNC(=O)c2cccc(O)c2O)COC(=O)[C@@H](NC(=O)CNC(=O)c2cccc(O)c2O)COC1=O. The van der Waals surface area contributed by atoms with E-state index in [-0.39, 0.29) is 0 Å². The number of benzene rings is 3. The topological polar surface area (TPSA) is 375 Å².